The number of hydrogen-bond donors (Lipinski definition) is 1. The Labute approximate surface area is 129 Å². The minimum Gasteiger partial charge on any atom is -0.497 e. The van der Waals surface area contributed by atoms with Gasteiger partial charge in [0.05, 0.1) is 12.8 Å². The van der Waals surface area contributed by atoms with E-state index in [1.165, 1.54) is 5.56 Å². The van der Waals surface area contributed by atoms with E-state index in [1.54, 1.807) is 31.4 Å². The van der Waals surface area contributed by atoms with Crippen molar-refractivity contribution in [3.8, 4) is 5.75 Å². The average Bonchev–Trinajstić information content (AvgIpc) is 2.59. The highest BCUT2D eigenvalue weighted by molar-refractivity contribution is 6.04. The number of aryl methyl sites for hydroxylation is 1. The van der Waals surface area contributed by atoms with E-state index in [2.05, 4.69) is 22.7 Å². The molecule has 0 saturated heterocycles. The van der Waals surface area contributed by atoms with Crippen LogP contribution in [0, 0.1) is 0 Å². The summed E-state index contributed by atoms with van der Waals surface area (Å²) < 4.78 is 5.13. The number of hydrazone groups is 1. The molecule has 4 nitrogen and oxygen atoms in total. The van der Waals surface area contributed by atoms with E-state index in [4.69, 9.17) is 4.74 Å². The van der Waals surface area contributed by atoms with Gasteiger partial charge in [-0.15, -0.1) is 0 Å². The zero-order valence-corrected chi connectivity index (χ0v) is 12.5. The monoisotopic (exact) mass is 294 g/mol. The molecule has 0 spiro atoms. The van der Waals surface area contributed by atoms with E-state index in [9.17, 15) is 4.79 Å². The molecule has 3 rings (SSSR count). The second-order valence-electron chi connectivity index (χ2n) is 5.24. The number of amides is 1. The van der Waals surface area contributed by atoms with Gasteiger partial charge in [0, 0.05) is 11.1 Å². The van der Waals surface area contributed by atoms with E-state index in [1.807, 2.05) is 12.1 Å². The van der Waals surface area contributed by atoms with E-state index in [0.29, 0.717) is 11.3 Å². The van der Waals surface area contributed by atoms with Crippen LogP contribution in [0.5, 0.6) is 5.75 Å². The Morgan fingerprint density at radius 1 is 1.14 bits per heavy atom. The van der Waals surface area contributed by atoms with Crippen molar-refractivity contribution in [3.63, 3.8) is 0 Å². The first-order chi connectivity index (χ1) is 10.8. The van der Waals surface area contributed by atoms with Crippen molar-refractivity contribution in [3.05, 3.63) is 65.2 Å². The van der Waals surface area contributed by atoms with E-state index in [0.717, 1.165) is 30.5 Å². The summed E-state index contributed by atoms with van der Waals surface area (Å²) in [7, 11) is 1.58. The van der Waals surface area contributed by atoms with Gasteiger partial charge < -0.3 is 4.74 Å². The molecule has 2 aromatic rings. The molecule has 0 atom stereocenters. The Bertz CT molecular complexity index is 723. The fourth-order valence-electron chi connectivity index (χ4n) is 2.66. The molecule has 112 valence electrons. The highest BCUT2D eigenvalue weighted by atomic mass is 16.5. The van der Waals surface area contributed by atoms with Crippen LogP contribution in [-0.4, -0.2) is 18.7 Å². The Hall–Kier alpha value is -2.62. The minimum absolute atomic E-state index is 0.227. The van der Waals surface area contributed by atoms with Gasteiger partial charge in [-0.1, -0.05) is 30.3 Å². The van der Waals surface area contributed by atoms with Crippen molar-refractivity contribution in [2.24, 2.45) is 5.10 Å². The maximum absolute atomic E-state index is 12.2. The number of fused-ring (bicyclic) bond motifs is 1. The molecule has 0 radical (unpaired) electrons. The summed E-state index contributed by atoms with van der Waals surface area (Å²) in [6.07, 6.45) is 3.01. The molecule has 4 heteroatoms. The standard InChI is InChI=1S/C18H18N2O2/c1-22-15-9-4-8-14(12-15)18(21)20-19-17-11-5-7-13-6-2-3-10-16(13)17/h2-4,6,8-10,12H,5,7,11H2,1H3,(H,20,21)/b19-17+. The quantitative estimate of drug-likeness (QED) is 0.884. The molecule has 0 bridgehead atoms. The number of ether oxygens (including phenoxy) is 1. The molecule has 1 amide bonds. The number of benzene rings is 2. The molecule has 0 saturated carbocycles. The normalized spacial score (nSPS) is 15.2. The highest BCUT2D eigenvalue weighted by Gasteiger charge is 2.15. The molecule has 0 fully saturated rings. The topological polar surface area (TPSA) is 50.7 Å². The first-order valence-electron chi connectivity index (χ1n) is 7.37. The Kier molecular flexibility index (Phi) is 4.19. The van der Waals surface area contributed by atoms with Gasteiger partial charge in [0.2, 0.25) is 0 Å². The first kappa shape index (κ1) is 14.3. The van der Waals surface area contributed by atoms with E-state index >= 15 is 0 Å². The molecule has 0 unspecified atom stereocenters. The lowest BCUT2D eigenvalue weighted by atomic mass is 9.90. The molecular formula is C18H18N2O2. The van der Waals surface area contributed by atoms with Crippen molar-refractivity contribution in [2.75, 3.05) is 7.11 Å². The van der Waals surface area contributed by atoms with Crippen LogP contribution >= 0.6 is 0 Å². The summed E-state index contributed by atoms with van der Waals surface area (Å²) >= 11 is 0. The molecular weight excluding hydrogens is 276 g/mol. The summed E-state index contributed by atoms with van der Waals surface area (Å²) in [5.74, 6) is 0.428. The van der Waals surface area contributed by atoms with Gasteiger partial charge in [0.15, 0.2) is 0 Å². The van der Waals surface area contributed by atoms with Crippen LogP contribution in [0.3, 0.4) is 0 Å². The summed E-state index contributed by atoms with van der Waals surface area (Å²) in [4.78, 5) is 12.2. The summed E-state index contributed by atoms with van der Waals surface area (Å²) in [6, 6.07) is 15.3. The predicted molar refractivity (Wildman–Crippen MR) is 86.4 cm³/mol. The van der Waals surface area contributed by atoms with E-state index < -0.39 is 0 Å². The van der Waals surface area contributed by atoms with Gasteiger partial charge in [-0.3, -0.25) is 4.79 Å². The zero-order chi connectivity index (χ0) is 15.4. The lowest BCUT2D eigenvalue weighted by Crippen LogP contribution is -2.22. The number of carbonyl (C=O) groups is 1. The molecule has 2 aromatic carbocycles. The Balaban J connectivity index is 1.78. The first-order valence-corrected chi connectivity index (χ1v) is 7.37. The molecule has 1 N–H and O–H groups in total. The molecule has 22 heavy (non-hydrogen) atoms. The van der Waals surface area contributed by atoms with Crippen LogP contribution in [0.15, 0.2) is 53.6 Å². The lowest BCUT2D eigenvalue weighted by Gasteiger charge is -2.17. The second-order valence-corrected chi connectivity index (χ2v) is 5.24. The third-order valence-electron chi connectivity index (χ3n) is 3.81. The number of methoxy groups -OCH3 is 1. The number of nitrogens with one attached hydrogen (secondary N) is 1. The molecule has 0 aromatic heterocycles. The Morgan fingerprint density at radius 2 is 2.00 bits per heavy atom. The Morgan fingerprint density at radius 3 is 2.86 bits per heavy atom. The fraction of sp³-hybridized carbons (Fsp3) is 0.222. The number of rotatable bonds is 3. The minimum atomic E-state index is -0.227. The van der Waals surface area contributed by atoms with Gasteiger partial charge in [-0.25, -0.2) is 5.43 Å². The van der Waals surface area contributed by atoms with Gasteiger partial charge in [-0.05, 0) is 43.0 Å². The SMILES string of the molecule is COc1cccc(C(=O)N/N=C2\CCCc3ccccc32)c1. The van der Waals surface area contributed by atoms with Crippen molar-refractivity contribution in [1.82, 2.24) is 5.43 Å². The maximum atomic E-state index is 12.2. The van der Waals surface area contributed by atoms with Crippen molar-refractivity contribution >= 4 is 11.6 Å². The average molecular weight is 294 g/mol. The summed E-state index contributed by atoms with van der Waals surface area (Å²) in [5, 5.41) is 4.33. The summed E-state index contributed by atoms with van der Waals surface area (Å²) in [6.45, 7) is 0. The van der Waals surface area contributed by atoms with E-state index in [-0.39, 0.29) is 5.91 Å². The molecule has 1 aliphatic carbocycles. The fourth-order valence-corrected chi connectivity index (χ4v) is 2.66. The third-order valence-corrected chi connectivity index (χ3v) is 3.81. The highest BCUT2D eigenvalue weighted by Crippen LogP contribution is 2.21. The molecule has 0 heterocycles. The smallest absolute Gasteiger partial charge is 0.271 e. The predicted octanol–water partition coefficient (Wildman–Crippen LogP) is 3.17. The zero-order valence-electron chi connectivity index (χ0n) is 12.5. The largest absolute Gasteiger partial charge is 0.497 e. The molecule has 1 aliphatic rings. The van der Waals surface area contributed by atoms with Crippen molar-refractivity contribution < 1.29 is 9.53 Å². The van der Waals surface area contributed by atoms with Gasteiger partial charge in [0.25, 0.3) is 5.91 Å². The van der Waals surface area contributed by atoms with Crippen LogP contribution < -0.4 is 10.2 Å². The van der Waals surface area contributed by atoms with Gasteiger partial charge >= 0.3 is 0 Å². The lowest BCUT2D eigenvalue weighted by molar-refractivity contribution is 0.0954. The number of carbonyl (C=O) groups excluding carboxylic acids is 1. The van der Waals surface area contributed by atoms with Crippen LogP contribution in [0.25, 0.3) is 0 Å². The molecule has 0 aliphatic heterocycles. The third kappa shape index (κ3) is 3.01. The van der Waals surface area contributed by atoms with Gasteiger partial charge in [-0.2, -0.15) is 5.10 Å². The second kappa shape index (κ2) is 6.43. The van der Waals surface area contributed by atoms with Crippen LogP contribution in [0.1, 0.15) is 34.3 Å². The van der Waals surface area contributed by atoms with Crippen LogP contribution in [0.2, 0.25) is 0 Å². The maximum Gasteiger partial charge on any atom is 0.271 e. The van der Waals surface area contributed by atoms with Crippen LogP contribution in [-0.2, 0) is 6.42 Å². The van der Waals surface area contributed by atoms with Crippen molar-refractivity contribution in [2.45, 2.75) is 19.3 Å². The van der Waals surface area contributed by atoms with Crippen LogP contribution in [0.4, 0.5) is 0 Å². The number of hydrogen-bond acceptors (Lipinski definition) is 3. The number of nitrogens with zero attached hydrogens (tertiary/aromatic N) is 1. The van der Waals surface area contributed by atoms with Gasteiger partial charge in [0.1, 0.15) is 5.75 Å². The van der Waals surface area contributed by atoms with Crippen molar-refractivity contribution in [1.29, 1.82) is 0 Å². The summed E-state index contributed by atoms with van der Waals surface area (Å²) in [5.41, 5.74) is 6.57.